The SMILES string of the molecule is C=CCc1cc(C(=O)NC[C@H]2CC[C@H](C(N)=O)O2)cc(OC)c1OC. The predicted octanol–water partition coefficient (Wildman–Crippen LogP) is 1.20. The van der Waals surface area contributed by atoms with Crippen LogP contribution in [-0.4, -0.2) is 44.8 Å². The van der Waals surface area contributed by atoms with Gasteiger partial charge in [0.1, 0.15) is 6.10 Å². The van der Waals surface area contributed by atoms with Crippen LogP contribution in [0.3, 0.4) is 0 Å². The first-order chi connectivity index (χ1) is 12.0. The highest BCUT2D eigenvalue weighted by Gasteiger charge is 2.29. The van der Waals surface area contributed by atoms with E-state index in [2.05, 4.69) is 11.9 Å². The minimum absolute atomic E-state index is 0.214. The molecule has 7 heteroatoms. The Morgan fingerprint density at radius 1 is 1.36 bits per heavy atom. The summed E-state index contributed by atoms with van der Waals surface area (Å²) in [4.78, 5) is 23.6. The fraction of sp³-hybridized carbons (Fsp3) is 0.444. The van der Waals surface area contributed by atoms with Crippen LogP contribution in [0.25, 0.3) is 0 Å². The number of methoxy groups -OCH3 is 2. The van der Waals surface area contributed by atoms with Crippen LogP contribution in [0.15, 0.2) is 24.8 Å². The Hall–Kier alpha value is -2.54. The Morgan fingerprint density at radius 2 is 2.12 bits per heavy atom. The van der Waals surface area contributed by atoms with Crippen LogP contribution in [0, 0.1) is 0 Å². The number of carbonyl (C=O) groups is 2. The van der Waals surface area contributed by atoms with E-state index in [1.165, 1.54) is 7.11 Å². The number of benzene rings is 1. The van der Waals surface area contributed by atoms with Crippen molar-refractivity contribution in [2.45, 2.75) is 31.5 Å². The van der Waals surface area contributed by atoms with Gasteiger partial charge in [-0.3, -0.25) is 9.59 Å². The fourth-order valence-corrected chi connectivity index (χ4v) is 2.86. The van der Waals surface area contributed by atoms with E-state index in [-0.39, 0.29) is 12.0 Å². The quantitative estimate of drug-likeness (QED) is 0.688. The summed E-state index contributed by atoms with van der Waals surface area (Å²) < 4.78 is 16.2. The van der Waals surface area contributed by atoms with Crippen LogP contribution in [0.5, 0.6) is 11.5 Å². The van der Waals surface area contributed by atoms with Gasteiger partial charge in [0, 0.05) is 17.7 Å². The van der Waals surface area contributed by atoms with Crippen LogP contribution >= 0.6 is 0 Å². The number of nitrogens with two attached hydrogens (primary N) is 1. The number of amides is 2. The third-order valence-corrected chi connectivity index (χ3v) is 4.10. The summed E-state index contributed by atoms with van der Waals surface area (Å²) in [6, 6.07) is 3.38. The van der Waals surface area contributed by atoms with Crippen molar-refractivity contribution in [1.82, 2.24) is 5.32 Å². The maximum atomic E-state index is 12.5. The summed E-state index contributed by atoms with van der Waals surface area (Å²) in [5, 5.41) is 2.82. The van der Waals surface area contributed by atoms with Crippen molar-refractivity contribution in [1.29, 1.82) is 0 Å². The van der Waals surface area contributed by atoms with Gasteiger partial charge < -0.3 is 25.3 Å². The maximum absolute atomic E-state index is 12.5. The summed E-state index contributed by atoms with van der Waals surface area (Å²) in [6.45, 7) is 4.03. The Balaban J connectivity index is 2.07. The topological polar surface area (TPSA) is 99.9 Å². The van der Waals surface area contributed by atoms with Gasteiger partial charge in [-0.2, -0.15) is 0 Å². The number of rotatable bonds is 8. The average molecular weight is 348 g/mol. The molecule has 7 nitrogen and oxygen atoms in total. The van der Waals surface area contributed by atoms with E-state index < -0.39 is 12.0 Å². The third kappa shape index (κ3) is 4.51. The first kappa shape index (κ1) is 18.8. The molecule has 2 rings (SSSR count). The molecule has 0 aromatic heterocycles. The fourth-order valence-electron chi connectivity index (χ4n) is 2.86. The largest absolute Gasteiger partial charge is 0.493 e. The van der Waals surface area contributed by atoms with Gasteiger partial charge in [-0.25, -0.2) is 0 Å². The second-order valence-corrected chi connectivity index (χ2v) is 5.80. The molecule has 0 spiro atoms. The Kier molecular flexibility index (Phi) is 6.41. The molecule has 136 valence electrons. The number of allylic oxidation sites excluding steroid dienone is 1. The highest BCUT2D eigenvalue weighted by Crippen LogP contribution is 2.33. The monoisotopic (exact) mass is 348 g/mol. The van der Waals surface area contributed by atoms with E-state index >= 15 is 0 Å². The zero-order chi connectivity index (χ0) is 18.4. The number of hydrogen-bond donors (Lipinski definition) is 2. The zero-order valence-corrected chi connectivity index (χ0v) is 14.5. The molecular weight excluding hydrogens is 324 g/mol. The van der Waals surface area contributed by atoms with Gasteiger partial charge in [-0.05, 0) is 31.4 Å². The lowest BCUT2D eigenvalue weighted by atomic mass is 10.0. The molecule has 1 aliphatic rings. The van der Waals surface area contributed by atoms with Crippen molar-refractivity contribution < 1.29 is 23.8 Å². The minimum atomic E-state index is -0.567. The Bertz CT molecular complexity index is 659. The van der Waals surface area contributed by atoms with E-state index in [1.807, 2.05) is 0 Å². The summed E-state index contributed by atoms with van der Waals surface area (Å²) in [5.41, 5.74) is 6.50. The summed E-state index contributed by atoms with van der Waals surface area (Å²) in [5.74, 6) is 0.348. The molecule has 0 radical (unpaired) electrons. The number of hydrogen-bond acceptors (Lipinski definition) is 5. The molecule has 1 saturated heterocycles. The van der Waals surface area contributed by atoms with Gasteiger partial charge in [-0.15, -0.1) is 6.58 Å². The number of ether oxygens (including phenoxy) is 3. The number of primary amides is 1. The van der Waals surface area contributed by atoms with Crippen LogP contribution in [-0.2, 0) is 16.0 Å². The molecule has 1 heterocycles. The van der Waals surface area contributed by atoms with Gasteiger partial charge in [-0.1, -0.05) is 6.08 Å². The second-order valence-electron chi connectivity index (χ2n) is 5.80. The maximum Gasteiger partial charge on any atom is 0.251 e. The lowest BCUT2D eigenvalue weighted by Gasteiger charge is -2.16. The molecule has 3 N–H and O–H groups in total. The summed E-state index contributed by atoms with van der Waals surface area (Å²) in [7, 11) is 3.07. The summed E-state index contributed by atoms with van der Waals surface area (Å²) >= 11 is 0. The lowest BCUT2D eigenvalue weighted by Crippen LogP contribution is -2.34. The molecule has 0 saturated carbocycles. The van der Waals surface area contributed by atoms with Gasteiger partial charge in [0.25, 0.3) is 5.91 Å². The lowest BCUT2D eigenvalue weighted by molar-refractivity contribution is -0.128. The molecule has 0 bridgehead atoms. The molecule has 1 aliphatic heterocycles. The molecule has 25 heavy (non-hydrogen) atoms. The van der Waals surface area contributed by atoms with Crippen LogP contribution < -0.4 is 20.5 Å². The number of carbonyl (C=O) groups excluding carboxylic acids is 2. The van der Waals surface area contributed by atoms with Crippen molar-refractivity contribution in [3.63, 3.8) is 0 Å². The zero-order valence-electron chi connectivity index (χ0n) is 14.5. The molecule has 0 unspecified atom stereocenters. The van der Waals surface area contributed by atoms with Gasteiger partial charge >= 0.3 is 0 Å². The van der Waals surface area contributed by atoms with Gasteiger partial charge in [0.15, 0.2) is 11.5 Å². The van der Waals surface area contributed by atoms with Crippen LogP contribution in [0.1, 0.15) is 28.8 Å². The smallest absolute Gasteiger partial charge is 0.251 e. The van der Waals surface area contributed by atoms with E-state index in [1.54, 1.807) is 25.3 Å². The Morgan fingerprint density at radius 3 is 2.68 bits per heavy atom. The predicted molar refractivity (Wildman–Crippen MR) is 92.9 cm³/mol. The molecule has 2 atom stereocenters. The molecular formula is C18H24N2O5. The summed E-state index contributed by atoms with van der Waals surface area (Å²) in [6.07, 6.45) is 2.76. The molecule has 0 aliphatic carbocycles. The first-order valence-corrected chi connectivity index (χ1v) is 8.08. The second kappa shape index (κ2) is 8.53. The van der Waals surface area contributed by atoms with E-state index in [0.29, 0.717) is 42.9 Å². The number of nitrogens with one attached hydrogen (secondary N) is 1. The van der Waals surface area contributed by atoms with Crippen molar-refractivity contribution in [3.05, 3.63) is 35.9 Å². The van der Waals surface area contributed by atoms with E-state index in [0.717, 1.165) is 5.56 Å². The van der Waals surface area contributed by atoms with Crippen molar-refractivity contribution in [2.24, 2.45) is 5.73 Å². The van der Waals surface area contributed by atoms with Crippen molar-refractivity contribution in [2.75, 3.05) is 20.8 Å². The molecule has 1 fully saturated rings. The van der Waals surface area contributed by atoms with E-state index in [9.17, 15) is 9.59 Å². The molecule has 2 amide bonds. The first-order valence-electron chi connectivity index (χ1n) is 8.08. The molecule has 1 aromatic rings. The Labute approximate surface area is 147 Å². The van der Waals surface area contributed by atoms with Crippen molar-refractivity contribution >= 4 is 11.8 Å². The minimum Gasteiger partial charge on any atom is -0.493 e. The normalized spacial score (nSPS) is 19.3. The van der Waals surface area contributed by atoms with Crippen molar-refractivity contribution in [3.8, 4) is 11.5 Å². The highest BCUT2D eigenvalue weighted by molar-refractivity contribution is 5.95. The standard InChI is InChI=1S/C18H24N2O5/c1-4-5-11-8-12(9-15(23-2)16(11)24-3)18(22)20-10-13-6-7-14(25-13)17(19)21/h4,8-9,13-14H,1,5-7,10H2,2-3H3,(H2,19,21)(H,20,22)/t13-,14-/m1/s1. The average Bonchev–Trinajstić information content (AvgIpc) is 3.08. The van der Waals surface area contributed by atoms with E-state index in [4.69, 9.17) is 19.9 Å². The van der Waals surface area contributed by atoms with Gasteiger partial charge in [0.2, 0.25) is 5.91 Å². The highest BCUT2D eigenvalue weighted by atomic mass is 16.5. The molecule has 1 aromatic carbocycles. The van der Waals surface area contributed by atoms with Crippen LogP contribution in [0.4, 0.5) is 0 Å². The van der Waals surface area contributed by atoms with Crippen LogP contribution in [0.2, 0.25) is 0 Å². The van der Waals surface area contributed by atoms with Gasteiger partial charge in [0.05, 0.1) is 20.3 Å². The third-order valence-electron chi connectivity index (χ3n) is 4.10.